The quantitative estimate of drug-likeness (QED) is 0.597. The number of carbonyl (C=O) groups is 1. The van der Waals surface area contributed by atoms with Crippen molar-refractivity contribution in [1.29, 1.82) is 0 Å². The Labute approximate surface area is 79.8 Å². The van der Waals surface area contributed by atoms with Crippen LogP contribution in [0.4, 0.5) is 0 Å². The topological polar surface area (TPSA) is 37.3 Å². The first kappa shape index (κ1) is 14.3. The van der Waals surface area contributed by atoms with Crippen LogP contribution in [-0.4, -0.2) is 25.4 Å². The van der Waals surface area contributed by atoms with Gasteiger partial charge in [-0.3, -0.25) is 0 Å². The van der Waals surface area contributed by atoms with Crippen molar-refractivity contribution in [2.24, 2.45) is 0 Å². The fourth-order valence-corrected chi connectivity index (χ4v) is 3.90. The Balaban J connectivity index is 0. The molecule has 0 saturated heterocycles. The molecule has 2 nitrogen and oxygen atoms in total. The van der Waals surface area contributed by atoms with E-state index in [1.54, 1.807) is 0 Å². The molecule has 12 heavy (non-hydrogen) atoms. The monoisotopic (exact) mass is 233 g/mol. The van der Waals surface area contributed by atoms with Gasteiger partial charge in [-0.2, -0.15) is 0 Å². The Morgan fingerprint density at radius 1 is 1.33 bits per heavy atom. The predicted octanol–water partition coefficient (Wildman–Crippen LogP) is 2.80. The summed E-state index contributed by atoms with van der Waals surface area (Å²) in [5.74, 6) is -0.981. The first-order chi connectivity index (χ1) is 5.62. The van der Waals surface area contributed by atoms with Crippen LogP contribution in [0.1, 0.15) is 20.8 Å². The van der Waals surface area contributed by atoms with E-state index in [2.05, 4.69) is 27.4 Å². The third-order valence-corrected chi connectivity index (χ3v) is 7.97. The molecule has 0 aromatic heterocycles. The van der Waals surface area contributed by atoms with Gasteiger partial charge in [-0.25, -0.2) is 4.79 Å². The number of hydrogen-bond acceptors (Lipinski definition) is 1. The number of rotatable bonds is 4. The van der Waals surface area contributed by atoms with E-state index in [0.29, 0.717) is 0 Å². The van der Waals surface area contributed by atoms with Crippen LogP contribution in [0.5, 0.6) is 0 Å². The van der Waals surface area contributed by atoms with E-state index >= 15 is 0 Å². The van der Waals surface area contributed by atoms with Gasteiger partial charge in [-0.1, -0.05) is 6.58 Å². The molecule has 0 bridgehead atoms. The molecule has 0 heterocycles. The van der Waals surface area contributed by atoms with Crippen LogP contribution in [0, 0.1) is 0 Å². The molecule has 0 amide bonds. The predicted molar refractivity (Wildman–Crippen MR) is 55.0 cm³/mol. The Hall–Kier alpha value is -0.247. The molecule has 71 valence electrons. The fraction of sp³-hybridized carbons (Fsp3) is 0.667. The van der Waals surface area contributed by atoms with Crippen molar-refractivity contribution in [3.8, 4) is 0 Å². The average molecular weight is 232 g/mol. The van der Waals surface area contributed by atoms with Gasteiger partial charge in [0.1, 0.15) is 0 Å². The minimum atomic E-state index is -0.981. The van der Waals surface area contributed by atoms with Gasteiger partial charge >= 0.3 is 56.8 Å². The Morgan fingerprint density at radius 2 is 1.58 bits per heavy atom. The molecule has 0 aliphatic carbocycles. The van der Waals surface area contributed by atoms with Crippen LogP contribution in [0.2, 0.25) is 15.8 Å². The van der Waals surface area contributed by atoms with E-state index in [4.69, 9.17) is 5.11 Å². The van der Waals surface area contributed by atoms with Crippen LogP contribution in [0.15, 0.2) is 12.7 Å². The zero-order chi connectivity index (χ0) is 9.98. The van der Waals surface area contributed by atoms with Crippen molar-refractivity contribution in [3.05, 3.63) is 12.7 Å². The summed E-state index contributed by atoms with van der Waals surface area (Å²) in [6, 6.07) is 0. The molecule has 1 radical (unpaired) electrons. The zero-order valence-corrected chi connectivity index (χ0v) is 10.4. The van der Waals surface area contributed by atoms with Crippen LogP contribution in [-0.2, 0) is 4.79 Å². The molecular weight excluding hydrogens is 213 g/mol. The SMILES string of the molecule is C=CC(=O)O.C[CH2][Ge]([CH2]C)[CH2]C. The second kappa shape index (κ2) is 10.8. The van der Waals surface area contributed by atoms with E-state index in [1.807, 2.05) is 0 Å². The molecule has 0 rings (SSSR count). The van der Waals surface area contributed by atoms with Gasteiger partial charge in [0.25, 0.3) is 0 Å². The summed E-state index contributed by atoms with van der Waals surface area (Å²) in [6.07, 6.45) is 0.833. The summed E-state index contributed by atoms with van der Waals surface area (Å²) in [4.78, 5) is 9.25. The van der Waals surface area contributed by atoms with Gasteiger partial charge in [-0.05, 0) is 0 Å². The molecule has 0 spiro atoms. The molecule has 0 saturated carbocycles. The van der Waals surface area contributed by atoms with Crippen molar-refractivity contribution in [3.63, 3.8) is 0 Å². The summed E-state index contributed by atoms with van der Waals surface area (Å²) in [7, 11) is 0. The summed E-state index contributed by atoms with van der Waals surface area (Å²) >= 11 is -0.403. The van der Waals surface area contributed by atoms with Gasteiger partial charge in [-0.15, -0.1) is 0 Å². The molecule has 0 aliphatic heterocycles. The Kier molecular flexibility index (Phi) is 12.8. The van der Waals surface area contributed by atoms with Crippen molar-refractivity contribution in [2.45, 2.75) is 36.5 Å². The summed E-state index contributed by atoms with van der Waals surface area (Å²) in [6.45, 7) is 9.97. The molecule has 0 unspecified atom stereocenters. The molecule has 0 aromatic carbocycles. The Bertz CT molecular complexity index is 114. The third kappa shape index (κ3) is 12.4. The molecule has 0 aromatic rings. The van der Waals surface area contributed by atoms with E-state index in [9.17, 15) is 4.79 Å². The van der Waals surface area contributed by atoms with Gasteiger partial charge < -0.3 is 5.11 Å². The molecule has 3 heteroatoms. The maximum atomic E-state index is 9.25. The summed E-state index contributed by atoms with van der Waals surface area (Å²) in [5, 5.41) is 12.2. The van der Waals surface area contributed by atoms with E-state index in [-0.39, 0.29) is 0 Å². The number of carboxylic acid groups (broad SMARTS) is 1. The number of hydrogen-bond donors (Lipinski definition) is 1. The molecule has 0 fully saturated rings. The van der Waals surface area contributed by atoms with Crippen LogP contribution < -0.4 is 0 Å². The number of carboxylic acids is 1. The summed E-state index contributed by atoms with van der Waals surface area (Å²) in [5.41, 5.74) is 0. The van der Waals surface area contributed by atoms with Crippen LogP contribution in [0.25, 0.3) is 0 Å². The minimum absolute atomic E-state index is 0.403. The van der Waals surface area contributed by atoms with Crippen molar-refractivity contribution in [2.75, 3.05) is 0 Å². The standard InChI is InChI=1S/C6H15Ge.C3H4O2/c1-4-7(5-2)6-3;1-2-3(4)5/h4-6H2,1-3H3;2H,1H2,(H,4,5). The Morgan fingerprint density at radius 3 is 1.58 bits per heavy atom. The fourth-order valence-electron chi connectivity index (χ4n) is 0.750. The summed E-state index contributed by atoms with van der Waals surface area (Å²) < 4.78 is 0. The van der Waals surface area contributed by atoms with Crippen molar-refractivity contribution >= 4 is 20.3 Å². The second-order valence-corrected chi connectivity index (χ2v) is 9.95. The second-order valence-electron chi connectivity index (χ2n) is 2.35. The maximum absolute atomic E-state index is 9.25. The molecule has 0 atom stereocenters. The number of aliphatic carboxylic acids is 1. The van der Waals surface area contributed by atoms with E-state index in [0.717, 1.165) is 6.08 Å². The van der Waals surface area contributed by atoms with Crippen molar-refractivity contribution in [1.82, 2.24) is 0 Å². The first-order valence-electron chi connectivity index (χ1n) is 4.31. The first-order valence-corrected chi connectivity index (χ1v) is 8.76. The molecule has 0 aliphatic rings. The van der Waals surface area contributed by atoms with Gasteiger partial charge in [0.05, 0.1) is 0 Å². The van der Waals surface area contributed by atoms with Gasteiger partial charge in [0.15, 0.2) is 0 Å². The average Bonchev–Trinajstić information content (AvgIpc) is 2.09. The third-order valence-electron chi connectivity index (χ3n) is 1.67. The van der Waals surface area contributed by atoms with E-state index in [1.165, 1.54) is 15.8 Å². The normalized spacial score (nSPS) is 8.67. The van der Waals surface area contributed by atoms with Gasteiger partial charge in [0, 0.05) is 6.08 Å². The molecule has 1 N–H and O–H groups in total. The van der Waals surface area contributed by atoms with Gasteiger partial charge in [0.2, 0.25) is 0 Å². The van der Waals surface area contributed by atoms with Crippen LogP contribution in [0.3, 0.4) is 0 Å². The van der Waals surface area contributed by atoms with Crippen molar-refractivity contribution < 1.29 is 9.90 Å². The molecular formula is C9H19GeO2. The van der Waals surface area contributed by atoms with E-state index < -0.39 is 20.3 Å². The zero-order valence-electron chi connectivity index (χ0n) is 8.26. The van der Waals surface area contributed by atoms with Crippen LogP contribution >= 0.6 is 0 Å².